The summed E-state index contributed by atoms with van der Waals surface area (Å²) in [6.45, 7) is 3.98. The van der Waals surface area contributed by atoms with Crippen LogP contribution < -0.4 is 4.72 Å². The minimum absolute atomic E-state index is 0.0423. The summed E-state index contributed by atoms with van der Waals surface area (Å²) in [4.78, 5) is 12.5. The zero-order valence-corrected chi connectivity index (χ0v) is 15.2. The molecule has 2 fully saturated rings. The molecule has 7 heteroatoms. The molecule has 1 N–H and O–H groups in total. The smallest absolute Gasteiger partial charge is 0.233 e. The summed E-state index contributed by atoms with van der Waals surface area (Å²) < 4.78 is 27.9. The molecule has 2 saturated carbocycles. The van der Waals surface area contributed by atoms with Crippen molar-refractivity contribution in [1.82, 2.24) is 0 Å². The Labute approximate surface area is 147 Å². The fourth-order valence-electron chi connectivity index (χ4n) is 4.33. The molecule has 24 heavy (non-hydrogen) atoms. The molecule has 0 heterocycles. The van der Waals surface area contributed by atoms with Gasteiger partial charge < -0.3 is 0 Å². The van der Waals surface area contributed by atoms with Gasteiger partial charge >= 0.3 is 0 Å². The summed E-state index contributed by atoms with van der Waals surface area (Å²) in [6.07, 6.45) is 1.95. The zero-order valence-electron chi connectivity index (χ0n) is 13.6. The van der Waals surface area contributed by atoms with Crippen molar-refractivity contribution < 1.29 is 13.2 Å². The number of Topliss-reactive ketones (excluding diaryl/α,β-unsaturated/α-hetero) is 1. The van der Waals surface area contributed by atoms with Gasteiger partial charge in [-0.2, -0.15) is 5.26 Å². The SMILES string of the molecule is CC1(C)[C@H]2CC[C@]1(CS(=O)(=O)Nc1cc(Cl)ccc1C#N)C(=O)C2. The Balaban J connectivity index is 1.92. The number of carbonyl (C=O) groups is 1. The van der Waals surface area contributed by atoms with E-state index in [-0.39, 0.29) is 34.1 Å². The molecule has 0 radical (unpaired) electrons. The average molecular weight is 367 g/mol. The molecule has 2 bridgehead atoms. The van der Waals surface area contributed by atoms with Crippen LogP contribution in [0.3, 0.4) is 0 Å². The van der Waals surface area contributed by atoms with E-state index in [1.807, 2.05) is 19.9 Å². The lowest BCUT2D eigenvalue weighted by Crippen LogP contribution is -2.43. The van der Waals surface area contributed by atoms with Gasteiger partial charge in [-0.1, -0.05) is 25.4 Å². The number of ketones is 1. The second-order valence-electron chi connectivity index (χ2n) is 7.33. The summed E-state index contributed by atoms with van der Waals surface area (Å²) in [5, 5.41) is 9.47. The molecule has 1 aromatic carbocycles. The van der Waals surface area contributed by atoms with Crippen LogP contribution in [0.5, 0.6) is 0 Å². The highest BCUT2D eigenvalue weighted by molar-refractivity contribution is 7.92. The predicted molar refractivity (Wildman–Crippen MR) is 92.1 cm³/mol. The largest absolute Gasteiger partial charge is 0.299 e. The van der Waals surface area contributed by atoms with Gasteiger partial charge in [0.2, 0.25) is 10.0 Å². The van der Waals surface area contributed by atoms with Gasteiger partial charge in [0, 0.05) is 11.4 Å². The van der Waals surface area contributed by atoms with Crippen LogP contribution in [0.1, 0.15) is 38.7 Å². The number of nitrogens with one attached hydrogen (secondary N) is 1. The van der Waals surface area contributed by atoms with E-state index in [9.17, 15) is 13.2 Å². The van der Waals surface area contributed by atoms with Crippen molar-refractivity contribution in [1.29, 1.82) is 5.26 Å². The minimum atomic E-state index is -3.80. The third-order valence-corrected chi connectivity index (χ3v) is 7.58. The van der Waals surface area contributed by atoms with E-state index in [0.717, 1.165) is 6.42 Å². The number of sulfonamides is 1. The third-order valence-electron chi connectivity index (χ3n) is 5.94. The lowest BCUT2D eigenvalue weighted by atomic mass is 9.70. The Morgan fingerprint density at radius 1 is 1.42 bits per heavy atom. The summed E-state index contributed by atoms with van der Waals surface area (Å²) >= 11 is 5.90. The van der Waals surface area contributed by atoms with E-state index < -0.39 is 15.4 Å². The molecule has 1 aromatic rings. The number of nitrogens with zero attached hydrogens (tertiary/aromatic N) is 1. The molecular formula is C17H19ClN2O3S. The maximum atomic E-state index is 12.7. The average Bonchev–Trinajstić information content (AvgIpc) is 2.80. The van der Waals surface area contributed by atoms with E-state index in [1.165, 1.54) is 18.2 Å². The summed E-state index contributed by atoms with van der Waals surface area (Å²) in [5.74, 6) is 0.0430. The number of hydrogen-bond acceptors (Lipinski definition) is 4. The monoisotopic (exact) mass is 366 g/mol. The van der Waals surface area contributed by atoms with Crippen LogP contribution in [-0.4, -0.2) is 20.0 Å². The van der Waals surface area contributed by atoms with Crippen molar-refractivity contribution in [2.24, 2.45) is 16.7 Å². The van der Waals surface area contributed by atoms with Crippen molar-refractivity contribution in [3.8, 4) is 6.07 Å². The van der Waals surface area contributed by atoms with Crippen LogP contribution in [0.25, 0.3) is 0 Å². The van der Waals surface area contributed by atoms with Crippen molar-refractivity contribution in [3.05, 3.63) is 28.8 Å². The van der Waals surface area contributed by atoms with E-state index in [4.69, 9.17) is 16.9 Å². The molecule has 0 spiro atoms. The first-order chi connectivity index (χ1) is 11.1. The lowest BCUT2D eigenvalue weighted by molar-refractivity contribution is -0.128. The zero-order chi connectivity index (χ0) is 17.8. The Morgan fingerprint density at radius 3 is 2.67 bits per heavy atom. The van der Waals surface area contributed by atoms with Gasteiger partial charge in [0.1, 0.15) is 11.9 Å². The van der Waals surface area contributed by atoms with Crippen LogP contribution in [0, 0.1) is 28.1 Å². The Kier molecular flexibility index (Phi) is 3.93. The standard InChI is InChI=1S/C17H19ClN2O3S/c1-16(2)12-5-6-17(16,15(21)7-12)10-24(22,23)20-14-8-13(18)4-3-11(14)9-19/h3-4,8,12,20H,5-7,10H2,1-2H3/t12-,17-/m0/s1. The van der Waals surface area contributed by atoms with Crippen LogP contribution in [-0.2, 0) is 14.8 Å². The maximum Gasteiger partial charge on any atom is 0.233 e. The number of hydrogen-bond donors (Lipinski definition) is 1. The van der Waals surface area contributed by atoms with E-state index >= 15 is 0 Å². The molecule has 128 valence electrons. The number of rotatable bonds is 4. The van der Waals surface area contributed by atoms with Crippen molar-refractivity contribution in [3.63, 3.8) is 0 Å². The molecule has 5 nitrogen and oxygen atoms in total. The molecule has 2 atom stereocenters. The molecule has 0 aromatic heterocycles. The molecule has 2 aliphatic rings. The molecule has 0 aliphatic heterocycles. The Hall–Kier alpha value is -1.58. The molecule has 0 unspecified atom stereocenters. The summed E-state index contributed by atoms with van der Waals surface area (Å²) in [5.41, 5.74) is -0.818. The molecule has 2 aliphatic carbocycles. The maximum absolute atomic E-state index is 12.7. The van der Waals surface area contributed by atoms with Crippen molar-refractivity contribution >= 4 is 33.1 Å². The predicted octanol–water partition coefficient (Wildman–Crippen LogP) is 3.35. The van der Waals surface area contributed by atoms with Crippen molar-refractivity contribution in [2.75, 3.05) is 10.5 Å². The number of carbonyl (C=O) groups excluding carboxylic acids is 1. The number of benzene rings is 1. The minimum Gasteiger partial charge on any atom is -0.299 e. The van der Waals surface area contributed by atoms with E-state index in [0.29, 0.717) is 17.9 Å². The molecule has 0 amide bonds. The molecule has 3 rings (SSSR count). The molecular weight excluding hydrogens is 348 g/mol. The topological polar surface area (TPSA) is 87.0 Å². The number of fused-ring (bicyclic) bond motifs is 2. The van der Waals surface area contributed by atoms with Crippen LogP contribution in [0.4, 0.5) is 5.69 Å². The highest BCUT2D eigenvalue weighted by Crippen LogP contribution is 2.64. The van der Waals surface area contributed by atoms with Gasteiger partial charge in [0.25, 0.3) is 0 Å². The normalized spacial score (nSPS) is 27.9. The second kappa shape index (κ2) is 5.47. The molecule has 0 saturated heterocycles. The van der Waals surface area contributed by atoms with E-state index in [1.54, 1.807) is 0 Å². The second-order valence-corrected chi connectivity index (χ2v) is 9.49. The van der Waals surface area contributed by atoms with Gasteiger partial charge in [-0.05, 0) is 42.4 Å². The Morgan fingerprint density at radius 2 is 2.12 bits per heavy atom. The van der Waals surface area contributed by atoms with Gasteiger partial charge in [-0.15, -0.1) is 0 Å². The first kappa shape index (κ1) is 17.2. The van der Waals surface area contributed by atoms with Crippen LogP contribution in [0.2, 0.25) is 5.02 Å². The quantitative estimate of drug-likeness (QED) is 0.885. The number of nitriles is 1. The number of anilines is 1. The first-order valence-electron chi connectivity index (χ1n) is 7.85. The van der Waals surface area contributed by atoms with Gasteiger partial charge in [-0.25, -0.2) is 8.42 Å². The summed E-state index contributed by atoms with van der Waals surface area (Å²) in [7, 11) is -3.80. The highest BCUT2D eigenvalue weighted by atomic mass is 35.5. The lowest BCUT2D eigenvalue weighted by Gasteiger charge is -2.36. The van der Waals surface area contributed by atoms with Gasteiger partial charge in [0.15, 0.2) is 0 Å². The fraction of sp³-hybridized carbons (Fsp3) is 0.529. The van der Waals surface area contributed by atoms with E-state index in [2.05, 4.69) is 4.72 Å². The van der Waals surface area contributed by atoms with Gasteiger partial charge in [0.05, 0.1) is 22.4 Å². The van der Waals surface area contributed by atoms with Gasteiger partial charge in [-0.3, -0.25) is 9.52 Å². The van der Waals surface area contributed by atoms with Crippen LogP contribution in [0.15, 0.2) is 18.2 Å². The third kappa shape index (κ3) is 2.51. The Bertz CT molecular complexity index is 857. The highest BCUT2D eigenvalue weighted by Gasteiger charge is 2.65. The first-order valence-corrected chi connectivity index (χ1v) is 9.88. The van der Waals surface area contributed by atoms with Crippen LogP contribution >= 0.6 is 11.6 Å². The summed E-state index contributed by atoms with van der Waals surface area (Å²) in [6, 6.07) is 6.35. The fourth-order valence-corrected chi connectivity index (χ4v) is 6.41. The van der Waals surface area contributed by atoms with Crippen molar-refractivity contribution in [2.45, 2.75) is 33.1 Å². The number of halogens is 1.